The van der Waals surface area contributed by atoms with E-state index in [1.54, 1.807) is 20.4 Å². The van der Waals surface area contributed by atoms with Gasteiger partial charge in [-0.15, -0.1) is 5.10 Å². The van der Waals surface area contributed by atoms with Gasteiger partial charge in [0.25, 0.3) is 5.85 Å². The third-order valence-electron chi connectivity index (χ3n) is 3.42. The van der Waals surface area contributed by atoms with E-state index in [1.807, 2.05) is 24.3 Å². The Bertz CT molecular complexity index is 796. The normalized spacial score (nSPS) is 13.3. The average Bonchev–Trinajstić information content (AvgIpc) is 2.65. The van der Waals surface area contributed by atoms with Gasteiger partial charge in [-0.1, -0.05) is 4.78 Å². The van der Waals surface area contributed by atoms with Gasteiger partial charge in [0.2, 0.25) is 11.8 Å². The number of hydrogen-bond acceptors (Lipinski definition) is 8. The van der Waals surface area contributed by atoms with Crippen LogP contribution in [0.1, 0.15) is 17.0 Å². The van der Waals surface area contributed by atoms with E-state index < -0.39 is 20.9 Å². The SMILES string of the molecule is COc1ccc(/C=N\N(C)[P+](=S)Oc2ccc(C(O)[P+](O)(O)O)cc2)cc1. The molecule has 2 atom stereocenters. The van der Waals surface area contributed by atoms with E-state index >= 15 is 0 Å². The fourth-order valence-electron chi connectivity index (χ4n) is 1.93. The van der Waals surface area contributed by atoms with E-state index in [1.165, 1.54) is 29.0 Å². The summed E-state index contributed by atoms with van der Waals surface area (Å²) in [7, 11) is -2.56. The maximum absolute atomic E-state index is 9.64. The lowest BCUT2D eigenvalue weighted by molar-refractivity contribution is 0.184. The Balaban J connectivity index is 1.96. The smallest absolute Gasteiger partial charge is 0.497 e. The lowest BCUT2D eigenvalue weighted by Crippen LogP contribution is -2.05. The molecule has 8 nitrogen and oxygen atoms in total. The Labute approximate surface area is 163 Å². The zero-order chi connectivity index (χ0) is 20.0. The molecule has 0 aliphatic heterocycles. The molecular weight excluding hydrogens is 410 g/mol. The Morgan fingerprint density at radius 1 is 1.07 bits per heavy atom. The van der Waals surface area contributed by atoms with Crippen molar-refractivity contribution >= 4 is 33.0 Å². The monoisotopic (exact) mass is 430 g/mol. The maximum Gasteiger partial charge on any atom is 0.540 e. The Morgan fingerprint density at radius 2 is 1.63 bits per heavy atom. The molecule has 4 N–H and O–H groups in total. The average molecular weight is 430 g/mol. The number of aliphatic hydroxyl groups excluding tert-OH is 1. The number of rotatable bonds is 8. The van der Waals surface area contributed by atoms with Crippen LogP contribution in [0.15, 0.2) is 53.6 Å². The van der Waals surface area contributed by atoms with Gasteiger partial charge >= 0.3 is 15.0 Å². The third-order valence-corrected chi connectivity index (χ3v) is 6.25. The first-order chi connectivity index (χ1) is 12.7. The highest BCUT2D eigenvalue weighted by Gasteiger charge is 2.42. The molecule has 0 saturated heterocycles. The first-order valence-corrected chi connectivity index (χ1v) is 11.6. The molecule has 144 valence electrons. The van der Waals surface area contributed by atoms with Gasteiger partial charge in [-0.2, -0.15) is 14.7 Å². The minimum Gasteiger partial charge on any atom is -0.497 e. The van der Waals surface area contributed by atoms with E-state index in [0.29, 0.717) is 5.75 Å². The van der Waals surface area contributed by atoms with Crippen LogP contribution in [0, 0.1) is 0 Å². The van der Waals surface area contributed by atoms with E-state index in [4.69, 9.17) is 35.7 Å². The summed E-state index contributed by atoms with van der Waals surface area (Å²) >= 11 is 5.31. The Kier molecular flexibility index (Phi) is 7.59. The highest BCUT2D eigenvalue weighted by molar-refractivity contribution is 8.02. The number of aliphatic hydroxyl groups is 1. The number of methoxy groups -OCH3 is 1. The fraction of sp³-hybridized carbons (Fsp3) is 0.188. The van der Waals surface area contributed by atoms with Crippen molar-refractivity contribution < 1.29 is 29.0 Å². The lowest BCUT2D eigenvalue weighted by Gasteiger charge is -2.11. The van der Waals surface area contributed by atoms with Crippen LogP contribution in [0.2, 0.25) is 0 Å². The van der Waals surface area contributed by atoms with Gasteiger partial charge in [0, 0.05) is 5.56 Å². The number of hydrogen-bond donors (Lipinski definition) is 4. The second kappa shape index (κ2) is 9.48. The van der Waals surface area contributed by atoms with Gasteiger partial charge < -0.3 is 9.84 Å². The summed E-state index contributed by atoms with van der Waals surface area (Å²) in [6, 6.07) is 13.2. The predicted octanol–water partition coefficient (Wildman–Crippen LogP) is 2.54. The molecule has 0 spiro atoms. The highest BCUT2D eigenvalue weighted by Crippen LogP contribution is 2.57. The molecule has 0 saturated carbocycles. The standard InChI is InChI=1S/C16H20N2O6P2S/c1-18(17-11-12-3-7-14(23-2)8-4-12)25(27)24-15-9-5-13(6-10-15)16(19)26(20,21)22/h3-11,16,19-22H,1-2H3/q+2/b17-11-. The third kappa shape index (κ3) is 6.45. The summed E-state index contributed by atoms with van der Waals surface area (Å²) in [6.45, 7) is 0. The van der Waals surface area contributed by atoms with Crippen molar-refractivity contribution in [2.24, 2.45) is 5.10 Å². The zero-order valence-electron chi connectivity index (χ0n) is 14.6. The second-order valence-corrected chi connectivity index (χ2v) is 9.29. The molecule has 0 fully saturated rings. The van der Waals surface area contributed by atoms with Crippen molar-refractivity contribution in [3.63, 3.8) is 0 Å². The molecule has 0 aliphatic carbocycles. The Morgan fingerprint density at radius 3 is 2.15 bits per heavy atom. The van der Waals surface area contributed by atoms with Crippen LogP contribution in [-0.4, -0.2) is 44.9 Å². The summed E-state index contributed by atoms with van der Waals surface area (Å²) in [6.07, 6.45) is 1.65. The summed E-state index contributed by atoms with van der Waals surface area (Å²) in [4.78, 5) is 27.3. The molecule has 27 heavy (non-hydrogen) atoms. The van der Waals surface area contributed by atoms with Crippen molar-refractivity contribution in [2.45, 2.75) is 5.85 Å². The van der Waals surface area contributed by atoms with Crippen LogP contribution >= 0.6 is 15.0 Å². The van der Waals surface area contributed by atoms with Gasteiger partial charge in [0.15, 0.2) is 5.75 Å². The topological polar surface area (TPSA) is 115 Å². The molecule has 0 heterocycles. The van der Waals surface area contributed by atoms with Crippen molar-refractivity contribution in [3.8, 4) is 11.5 Å². The molecule has 0 aromatic heterocycles. The van der Waals surface area contributed by atoms with Gasteiger partial charge in [-0.05, 0) is 54.1 Å². The van der Waals surface area contributed by atoms with Crippen LogP contribution in [0.25, 0.3) is 0 Å². The first kappa shape index (κ1) is 21.6. The van der Waals surface area contributed by atoms with Gasteiger partial charge in [-0.25, -0.2) is 0 Å². The van der Waals surface area contributed by atoms with Gasteiger partial charge in [-0.3, -0.25) is 4.52 Å². The molecule has 0 amide bonds. The minimum atomic E-state index is -4.37. The molecule has 2 aromatic rings. The largest absolute Gasteiger partial charge is 0.540 e. The van der Waals surface area contributed by atoms with Crippen molar-refractivity contribution in [3.05, 3.63) is 59.7 Å². The lowest BCUT2D eigenvalue weighted by atomic mass is 10.2. The number of benzene rings is 2. The molecule has 0 radical (unpaired) electrons. The van der Waals surface area contributed by atoms with Crippen molar-refractivity contribution in [1.82, 2.24) is 4.78 Å². The molecule has 0 aliphatic rings. The molecule has 2 unspecified atom stereocenters. The minimum absolute atomic E-state index is 0.155. The number of ether oxygens (including phenoxy) is 1. The molecule has 11 heteroatoms. The second-order valence-electron chi connectivity index (χ2n) is 5.39. The maximum atomic E-state index is 9.64. The fourth-order valence-corrected chi connectivity index (χ4v) is 3.45. The quantitative estimate of drug-likeness (QED) is 0.287. The molecule has 2 aromatic carbocycles. The van der Waals surface area contributed by atoms with Crippen LogP contribution in [0.5, 0.6) is 11.5 Å². The number of hydrazone groups is 1. The van der Waals surface area contributed by atoms with Gasteiger partial charge in [0.1, 0.15) is 5.75 Å². The van der Waals surface area contributed by atoms with Crippen LogP contribution < -0.4 is 9.26 Å². The van der Waals surface area contributed by atoms with E-state index in [-0.39, 0.29) is 5.56 Å². The zero-order valence-corrected chi connectivity index (χ0v) is 17.2. The van der Waals surface area contributed by atoms with Crippen molar-refractivity contribution in [2.75, 3.05) is 14.2 Å². The Hall–Kier alpha value is -1.70. The van der Waals surface area contributed by atoms with Gasteiger partial charge in [0.05, 0.1) is 20.4 Å². The molecule has 0 bridgehead atoms. The van der Waals surface area contributed by atoms with E-state index in [0.717, 1.165) is 11.3 Å². The number of nitrogens with zero attached hydrogens (tertiary/aromatic N) is 2. The highest BCUT2D eigenvalue weighted by atomic mass is 32.4. The summed E-state index contributed by atoms with van der Waals surface area (Å²) in [5.74, 6) is -0.574. The van der Waals surface area contributed by atoms with Crippen LogP contribution in [-0.2, 0) is 11.8 Å². The van der Waals surface area contributed by atoms with Crippen LogP contribution in [0.3, 0.4) is 0 Å². The summed E-state index contributed by atoms with van der Waals surface area (Å²) < 4.78 is 12.2. The van der Waals surface area contributed by atoms with Crippen LogP contribution in [0.4, 0.5) is 0 Å². The predicted molar refractivity (Wildman–Crippen MR) is 108 cm³/mol. The first-order valence-electron chi connectivity index (χ1n) is 7.62. The molecule has 2 rings (SSSR count). The molecular formula is C16H20N2O6P2S+2. The summed E-state index contributed by atoms with van der Waals surface area (Å²) in [5.41, 5.74) is 1.03. The van der Waals surface area contributed by atoms with Crippen molar-refractivity contribution in [1.29, 1.82) is 0 Å². The van der Waals surface area contributed by atoms with E-state index in [2.05, 4.69) is 5.10 Å². The van der Waals surface area contributed by atoms with E-state index in [9.17, 15) is 5.11 Å². The summed E-state index contributed by atoms with van der Waals surface area (Å²) in [5, 5.41) is 13.9.